The quantitative estimate of drug-likeness (QED) is 0.184. The molecule has 0 spiro atoms. The molecule has 0 fully saturated rings. The van der Waals surface area contributed by atoms with E-state index in [9.17, 15) is 9.59 Å². The van der Waals surface area contributed by atoms with Crippen molar-refractivity contribution in [3.05, 3.63) is 117 Å². The van der Waals surface area contributed by atoms with Gasteiger partial charge in [-0.05, 0) is 76.9 Å². The second-order valence-corrected chi connectivity index (χ2v) is 10.6. The topological polar surface area (TPSA) is 108 Å². The summed E-state index contributed by atoms with van der Waals surface area (Å²) in [5.74, 6) is 1.09. The highest BCUT2D eigenvalue weighted by atomic mass is 79.9. The number of furan rings is 1. The standard InChI is InChI=1S/C33H25BrN4O5/c1-20-11-13-23(14-12-20)36-30(39)19-42-31-25(34)15-21(16-28(31)41-2)18-35-38-32(29-17-22-7-3-6-10-27(22)43-29)37-26-9-5-4-8-24(26)33(38)40/h3-18H,19H2,1-2H3,(H,36,39). The van der Waals surface area contributed by atoms with Gasteiger partial charge in [-0.3, -0.25) is 9.59 Å². The highest BCUT2D eigenvalue weighted by molar-refractivity contribution is 9.10. The summed E-state index contributed by atoms with van der Waals surface area (Å²) in [7, 11) is 1.50. The van der Waals surface area contributed by atoms with Crippen LogP contribution in [0.4, 0.5) is 5.69 Å². The van der Waals surface area contributed by atoms with Gasteiger partial charge < -0.3 is 19.2 Å². The number of methoxy groups -OCH3 is 1. The molecule has 2 aromatic heterocycles. The van der Waals surface area contributed by atoms with Crippen LogP contribution < -0.4 is 20.3 Å². The second kappa shape index (κ2) is 11.9. The number of hydrogen-bond donors (Lipinski definition) is 1. The highest BCUT2D eigenvalue weighted by Gasteiger charge is 2.17. The van der Waals surface area contributed by atoms with Crippen LogP contribution in [0.15, 0.2) is 110 Å². The van der Waals surface area contributed by atoms with Crippen molar-refractivity contribution in [3.63, 3.8) is 0 Å². The van der Waals surface area contributed by atoms with Crippen LogP contribution in [-0.2, 0) is 4.79 Å². The molecule has 4 aromatic carbocycles. The lowest BCUT2D eigenvalue weighted by molar-refractivity contribution is -0.118. The van der Waals surface area contributed by atoms with Crippen LogP contribution in [0.2, 0.25) is 0 Å². The van der Waals surface area contributed by atoms with E-state index in [-0.39, 0.29) is 23.9 Å². The average Bonchev–Trinajstić information content (AvgIpc) is 3.45. The molecule has 43 heavy (non-hydrogen) atoms. The van der Waals surface area contributed by atoms with E-state index in [1.165, 1.54) is 18.0 Å². The van der Waals surface area contributed by atoms with Gasteiger partial charge in [0.15, 0.2) is 23.9 Å². The van der Waals surface area contributed by atoms with E-state index in [2.05, 4.69) is 26.3 Å². The summed E-state index contributed by atoms with van der Waals surface area (Å²) < 4.78 is 19.1. The van der Waals surface area contributed by atoms with Gasteiger partial charge in [-0.2, -0.15) is 9.78 Å². The Labute approximate surface area is 254 Å². The van der Waals surface area contributed by atoms with Crippen molar-refractivity contribution in [2.75, 3.05) is 19.0 Å². The Balaban J connectivity index is 1.30. The second-order valence-electron chi connectivity index (χ2n) is 9.70. The largest absolute Gasteiger partial charge is 0.493 e. The van der Waals surface area contributed by atoms with Crippen LogP contribution in [0.5, 0.6) is 11.5 Å². The lowest BCUT2D eigenvalue weighted by Crippen LogP contribution is -2.20. The lowest BCUT2D eigenvalue weighted by atomic mass is 10.2. The zero-order valence-corrected chi connectivity index (χ0v) is 24.8. The first kappa shape index (κ1) is 27.9. The first-order valence-electron chi connectivity index (χ1n) is 13.3. The van der Waals surface area contributed by atoms with Gasteiger partial charge in [-0.1, -0.05) is 48.0 Å². The summed E-state index contributed by atoms with van der Waals surface area (Å²) in [5, 5.41) is 8.63. The van der Waals surface area contributed by atoms with Gasteiger partial charge >= 0.3 is 0 Å². The molecular formula is C33H25BrN4O5. The summed E-state index contributed by atoms with van der Waals surface area (Å²) in [5.41, 5.74) is 3.24. The van der Waals surface area contributed by atoms with E-state index in [1.807, 2.05) is 67.6 Å². The minimum Gasteiger partial charge on any atom is -0.493 e. The molecular weight excluding hydrogens is 612 g/mol. The van der Waals surface area contributed by atoms with Gasteiger partial charge in [0.2, 0.25) is 5.82 Å². The van der Waals surface area contributed by atoms with Gasteiger partial charge in [-0.25, -0.2) is 4.98 Å². The van der Waals surface area contributed by atoms with Crippen LogP contribution >= 0.6 is 15.9 Å². The lowest BCUT2D eigenvalue weighted by Gasteiger charge is -2.13. The van der Waals surface area contributed by atoms with E-state index in [0.29, 0.717) is 49.5 Å². The molecule has 9 nitrogen and oxygen atoms in total. The van der Waals surface area contributed by atoms with Crippen LogP contribution in [-0.4, -0.2) is 35.5 Å². The third-order valence-electron chi connectivity index (χ3n) is 6.66. The maximum atomic E-state index is 13.6. The maximum Gasteiger partial charge on any atom is 0.282 e. The minimum atomic E-state index is -0.345. The number of rotatable bonds is 8. The SMILES string of the molecule is COc1cc(C=Nn2c(-c3cc4ccccc4o3)nc3ccccc3c2=O)cc(Br)c1OCC(=O)Nc1ccc(C)cc1. The molecule has 0 atom stereocenters. The average molecular weight is 637 g/mol. The third-order valence-corrected chi connectivity index (χ3v) is 7.25. The molecule has 0 saturated heterocycles. The fraction of sp³-hybridized carbons (Fsp3) is 0.0909. The molecule has 10 heteroatoms. The first-order valence-corrected chi connectivity index (χ1v) is 14.1. The van der Waals surface area contributed by atoms with Crippen molar-refractivity contribution < 1.29 is 18.7 Å². The predicted molar refractivity (Wildman–Crippen MR) is 170 cm³/mol. The summed E-state index contributed by atoms with van der Waals surface area (Å²) in [6.07, 6.45) is 1.52. The Morgan fingerprint density at radius 2 is 1.81 bits per heavy atom. The molecule has 1 N–H and O–H groups in total. The van der Waals surface area contributed by atoms with Crippen molar-refractivity contribution >= 4 is 55.6 Å². The molecule has 1 amide bonds. The smallest absolute Gasteiger partial charge is 0.282 e. The van der Waals surface area contributed by atoms with Gasteiger partial charge in [0, 0.05) is 11.1 Å². The third kappa shape index (κ3) is 5.91. The molecule has 0 unspecified atom stereocenters. The molecule has 6 aromatic rings. The number of benzene rings is 4. The Morgan fingerprint density at radius 3 is 2.60 bits per heavy atom. The fourth-order valence-corrected chi connectivity index (χ4v) is 5.11. The molecule has 0 radical (unpaired) electrons. The van der Waals surface area contributed by atoms with E-state index >= 15 is 0 Å². The van der Waals surface area contributed by atoms with Crippen LogP contribution in [0.3, 0.4) is 0 Å². The number of amides is 1. The summed E-state index contributed by atoms with van der Waals surface area (Å²) in [4.78, 5) is 30.8. The van der Waals surface area contributed by atoms with Gasteiger partial charge in [0.25, 0.3) is 11.5 Å². The number of halogens is 1. The molecule has 6 rings (SSSR count). The van der Waals surface area contributed by atoms with Gasteiger partial charge in [0.05, 0.1) is 28.7 Å². The number of fused-ring (bicyclic) bond motifs is 2. The zero-order valence-electron chi connectivity index (χ0n) is 23.2. The number of aromatic nitrogens is 2. The normalized spacial score (nSPS) is 11.3. The van der Waals surface area contributed by atoms with Crippen molar-refractivity contribution in [2.45, 2.75) is 6.92 Å². The molecule has 0 aliphatic carbocycles. The van der Waals surface area contributed by atoms with E-state index in [0.717, 1.165) is 10.9 Å². The van der Waals surface area contributed by atoms with Crippen LogP contribution in [0.1, 0.15) is 11.1 Å². The van der Waals surface area contributed by atoms with Crippen molar-refractivity contribution in [1.29, 1.82) is 0 Å². The Kier molecular flexibility index (Phi) is 7.76. The predicted octanol–water partition coefficient (Wildman–Crippen LogP) is 6.79. The molecule has 0 bridgehead atoms. The Morgan fingerprint density at radius 1 is 1.05 bits per heavy atom. The number of carbonyl (C=O) groups excluding carboxylic acids is 1. The van der Waals surface area contributed by atoms with E-state index in [4.69, 9.17) is 18.9 Å². The summed E-state index contributed by atoms with van der Waals surface area (Å²) in [6.45, 7) is 1.75. The van der Waals surface area contributed by atoms with Gasteiger partial charge in [0.1, 0.15) is 5.58 Å². The number of para-hydroxylation sites is 2. The highest BCUT2D eigenvalue weighted by Crippen LogP contribution is 2.36. The Bertz CT molecular complexity index is 2030. The number of ether oxygens (including phenoxy) is 2. The monoisotopic (exact) mass is 636 g/mol. The van der Waals surface area contributed by atoms with E-state index < -0.39 is 0 Å². The Hall–Kier alpha value is -5.22. The van der Waals surface area contributed by atoms with Crippen molar-refractivity contribution in [1.82, 2.24) is 9.66 Å². The summed E-state index contributed by atoms with van der Waals surface area (Å²) >= 11 is 3.51. The molecule has 0 aliphatic rings. The summed E-state index contributed by atoms with van der Waals surface area (Å²) in [6, 6.07) is 27.4. The first-order chi connectivity index (χ1) is 20.9. The number of hydrogen-bond acceptors (Lipinski definition) is 7. The number of nitrogens with zero attached hydrogens (tertiary/aromatic N) is 3. The van der Waals surface area contributed by atoms with Crippen LogP contribution in [0.25, 0.3) is 33.5 Å². The molecule has 2 heterocycles. The number of carbonyl (C=O) groups is 1. The molecule has 214 valence electrons. The van der Waals surface area contributed by atoms with E-state index in [1.54, 1.807) is 30.3 Å². The number of anilines is 1. The number of aryl methyl sites for hydroxylation is 1. The molecule has 0 aliphatic heterocycles. The number of nitrogens with one attached hydrogen (secondary N) is 1. The van der Waals surface area contributed by atoms with Crippen molar-refractivity contribution in [3.8, 4) is 23.1 Å². The van der Waals surface area contributed by atoms with Crippen molar-refractivity contribution in [2.24, 2.45) is 5.10 Å². The maximum absolute atomic E-state index is 13.6. The fourth-order valence-electron chi connectivity index (χ4n) is 4.53. The molecule has 0 saturated carbocycles. The zero-order chi connectivity index (χ0) is 29.9. The van der Waals surface area contributed by atoms with Gasteiger partial charge in [-0.15, -0.1) is 0 Å². The minimum absolute atomic E-state index is 0.227. The van der Waals surface area contributed by atoms with Crippen LogP contribution in [0, 0.1) is 6.92 Å².